The predicted octanol–water partition coefficient (Wildman–Crippen LogP) is 1.57. The number of ether oxygens (including phenoxy) is 1. The fourth-order valence-electron chi connectivity index (χ4n) is 1.66. The highest BCUT2D eigenvalue weighted by Crippen LogP contribution is 2.17. The van der Waals surface area contributed by atoms with E-state index in [1.54, 1.807) is 6.92 Å². The third-order valence-electron chi connectivity index (χ3n) is 2.51. The van der Waals surface area contributed by atoms with Gasteiger partial charge in [0.15, 0.2) is 0 Å². The highest BCUT2D eigenvalue weighted by molar-refractivity contribution is 5.85. The molecular formula is C14H25ClN2O2. The molecule has 1 rings (SSSR count). The normalized spacial score (nSPS) is 11.7. The first-order chi connectivity index (χ1) is 8.74. The lowest BCUT2D eigenvalue weighted by Gasteiger charge is -2.11. The van der Waals surface area contributed by atoms with Crippen molar-refractivity contribution in [1.82, 2.24) is 10.6 Å². The molecule has 0 bridgehead atoms. The zero-order chi connectivity index (χ0) is 13.2. The Morgan fingerprint density at radius 3 is 2.58 bits per heavy atom. The van der Waals surface area contributed by atoms with Crippen molar-refractivity contribution in [1.29, 1.82) is 0 Å². The van der Waals surface area contributed by atoms with E-state index in [4.69, 9.17) is 9.84 Å². The molecule has 0 amide bonds. The van der Waals surface area contributed by atoms with E-state index in [9.17, 15) is 0 Å². The van der Waals surface area contributed by atoms with Crippen molar-refractivity contribution in [3.63, 3.8) is 0 Å². The molecule has 19 heavy (non-hydrogen) atoms. The van der Waals surface area contributed by atoms with Gasteiger partial charge in [0.25, 0.3) is 0 Å². The fourth-order valence-corrected chi connectivity index (χ4v) is 1.66. The average molecular weight is 289 g/mol. The van der Waals surface area contributed by atoms with Crippen LogP contribution in [0.25, 0.3) is 0 Å². The van der Waals surface area contributed by atoms with Crippen molar-refractivity contribution in [3.05, 3.63) is 29.8 Å². The zero-order valence-electron chi connectivity index (χ0n) is 11.7. The summed E-state index contributed by atoms with van der Waals surface area (Å²) in [4.78, 5) is 0. The average Bonchev–Trinajstić information content (AvgIpc) is 2.35. The molecule has 0 radical (unpaired) electrons. The van der Waals surface area contributed by atoms with Crippen molar-refractivity contribution in [2.24, 2.45) is 0 Å². The van der Waals surface area contributed by atoms with Gasteiger partial charge in [0, 0.05) is 31.7 Å². The molecule has 5 heteroatoms. The maximum absolute atomic E-state index is 9.08. The van der Waals surface area contributed by atoms with E-state index in [2.05, 4.69) is 16.7 Å². The van der Waals surface area contributed by atoms with Crippen LogP contribution in [0.2, 0.25) is 0 Å². The number of aliphatic hydroxyl groups excluding tert-OH is 1. The van der Waals surface area contributed by atoms with Gasteiger partial charge >= 0.3 is 0 Å². The molecule has 0 aromatic heterocycles. The third kappa shape index (κ3) is 8.06. The predicted molar refractivity (Wildman–Crippen MR) is 81.1 cm³/mol. The van der Waals surface area contributed by atoms with Crippen LogP contribution in [0.5, 0.6) is 5.75 Å². The standard InChI is InChI=1S/C14H24N2O2.ClH/c1-3-18-14-7-5-4-6-13(14)11-16-9-8-15-10-12(2)17;/h4-7,12,15-17H,3,8-11H2,1-2H3;1H. The highest BCUT2D eigenvalue weighted by atomic mass is 35.5. The molecule has 1 aromatic rings. The van der Waals surface area contributed by atoms with Crippen LogP contribution in [0.4, 0.5) is 0 Å². The first kappa shape index (κ1) is 18.2. The largest absolute Gasteiger partial charge is 0.494 e. The number of hydrogen-bond acceptors (Lipinski definition) is 4. The van der Waals surface area contributed by atoms with Gasteiger partial charge in [-0.25, -0.2) is 0 Å². The topological polar surface area (TPSA) is 53.5 Å². The summed E-state index contributed by atoms with van der Waals surface area (Å²) in [5.41, 5.74) is 1.18. The maximum Gasteiger partial charge on any atom is 0.123 e. The van der Waals surface area contributed by atoms with Gasteiger partial charge in [0.2, 0.25) is 0 Å². The van der Waals surface area contributed by atoms with Gasteiger partial charge in [-0.3, -0.25) is 0 Å². The lowest BCUT2D eigenvalue weighted by atomic mass is 10.2. The monoisotopic (exact) mass is 288 g/mol. The van der Waals surface area contributed by atoms with Gasteiger partial charge in [-0.15, -0.1) is 12.4 Å². The SMILES string of the molecule is CCOc1ccccc1CNCCNCC(C)O.Cl. The summed E-state index contributed by atoms with van der Waals surface area (Å²) in [6, 6.07) is 8.07. The minimum atomic E-state index is -0.288. The molecule has 0 aliphatic rings. The highest BCUT2D eigenvalue weighted by Gasteiger charge is 2.01. The van der Waals surface area contributed by atoms with Gasteiger partial charge in [0.1, 0.15) is 5.75 Å². The third-order valence-corrected chi connectivity index (χ3v) is 2.51. The lowest BCUT2D eigenvalue weighted by molar-refractivity contribution is 0.191. The lowest BCUT2D eigenvalue weighted by Crippen LogP contribution is -2.31. The van der Waals surface area contributed by atoms with Gasteiger partial charge in [-0.2, -0.15) is 0 Å². The van der Waals surface area contributed by atoms with Gasteiger partial charge < -0.3 is 20.5 Å². The van der Waals surface area contributed by atoms with Crippen LogP contribution in [0.1, 0.15) is 19.4 Å². The molecule has 0 saturated carbocycles. The van der Waals surface area contributed by atoms with E-state index in [0.717, 1.165) is 25.4 Å². The summed E-state index contributed by atoms with van der Waals surface area (Å²) in [5.74, 6) is 0.949. The molecule has 3 N–H and O–H groups in total. The minimum absolute atomic E-state index is 0. The molecule has 0 saturated heterocycles. The second kappa shape index (κ2) is 11.1. The first-order valence-corrected chi connectivity index (χ1v) is 6.54. The van der Waals surface area contributed by atoms with Gasteiger partial charge in [-0.1, -0.05) is 18.2 Å². The second-order valence-corrected chi connectivity index (χ2v) is 4.27. The van der Waals surface area contributed by atoms with Crippen LogP contribution >= 0.6 is 12.4 Å². The second-order valence-electron chi connectivity index (χ2n) is 4.27. The summed E-state index contributed by atoms with van der Waals surface area (Å²) in [6.07, 6.45) is -0.288. The smallest absolute Gasteiger partial charge is 0.123 e. The van der Waals surface area contributed by atoms with Crippen molar-refractivity contribution < 1.29 is 9.84 Å². The molecule has 0 aliphatic carbocycles. The molecule has 1 unspecified atom stereocenters. The summed E-state index contributed by atoms with van der Waals surface area (Å²) in [6.45, 7) is 7.61. The molecular weight excluding hydrogens is 264 g/mol. The number of aliphatic hydroxyl groups is 1. The summed E-state index contributed by atoms with van der Waals surface area (Å²) >= 11 is 0. The number of para-hydroxylation sites is 1. The van der Waals surface area contributed by atoms with Crippen LogP contribution in [-0.2, 0) is 6.54 Å². The summed E-state index contributed by atoms with van der Waals surface area (Å²) in [5, 5.41) is 15.6. The number of benzene rings is 1. The van der Waals surface area contributed by atoms with Crippen molar-refractivity contribution in [2.75, 3.05) is 26.2 Å². The number of nitrogens with one attached hydrogen (secondary N) is 2. The van der Waals surface area contributed by atoms with E-state index in [1.807, 2.05) is 25.1 Å². The number of hydrogen-bond donors (Lipinski definition) is 3. The molecule has 0 aliphatic heterocycles. The van der Waals surface area contributed by atoms with Crippen LogP contribution in [0.3, 0.4) is 0 Å². The number of halogens is 1. The molecule has 1 atom stereocenters. The molecule has 0 spiro atoms. The van der Waals surface area contributed by atoms with Crippen LogP contribution < -0.4 is 15.4 Å². The Bertz CT molecular complexity index is 335. The summed E-state index contributed by atoms with van der Waals surface area (Å²) in [7, 11) is 0. The Morgan fingerprint density at radius 1 is 1.21 bits per heavy atom. The van der Waals surface area contributed by atoms with Crippen molar-refractivity contribution in [3.8, 4) is 5.75 Å². The molecule has 1 aromatic carbocycles. The first-order valence-electron chi connectivity index (χ1n) is 6.54. The Kier molecular flexibility index (Phi) is 10.6. The van der Waals surface area contributed by atoms with E-state index >= 15 is 0 Å². The molecule has 110 valence electrons. The Hall–Kier alpha value is -0.810. The Labute approximate surface area is 122 Å². The quantitative estimate of drug-likeness (QED) is 0.604. The minimum Gasteiger partial charge on any atom is -0.494 e. The zero-order valence-corrected chi connectivity index (χ0v) is 12.5. The molecule has 4 nitrogen and oxygen atoms in total. The maximum atomic E-state index is 9.08. The Balaban J connectivity index is 0.00000324. The van der Waals surface area contributed by atoms with E-state index in [0.29, 0.717) is 13.2 Å². The van der Waals surface area contributed by atoms with Crippen LogP contribution in [-0.4, -0.2) is 37.5 Å². The number of rotatable bonds is 9. The van der Waals surface area contributed by atoms with E-state index < -0.39 is 0 Å². The van der Waals surface area contributed by atoms with Gasteiger partial charge in [0.05, 0.1) is 12.7 Å². The molecule has 0 fully saturated rings. The fraction of sp³-hybridized carbons (Fsp3) is 0.571. The molecule has 0 heterocycles. The van der Waals surface area contributed by atoms with E-state index in [-0.39, 0.29) is 18.5 Å². The van der Waals surface area contributed by atoms with E-state index in [1.165, 1.54) is 5.56 Å². The van der Waals surface area contributed by atoms with Crippen LogP contribution in [0, 0.1) is 0 Å². The Morgan fingerprint density at radius 2 is 1.89 bits per heavy atom. The summed E-state index contributed by atoms with van der Waals surface area (Å²) < 4.78 is 5.56. The van der Waals surface area contributed by atoms with Crippen LogP contribution in [0.15, 0.2) is 24.3 Å². The van der Waals surface area contributed by atoms with Crippen molar-refractivity contribution >= 4 is 12.4 Å². The van der Waals surface area contributed by atoms with Crippen molar-refractivity contribution in [2.45, 2.75) is 26.5 Å². The van der Waals surface area contributed by atoms with Gasteiger partial charge in [-0.05, 0) is 19.9 Å².